The monoisotopic (exact) mass is 273 g/mol. The van der Waals surface area contributed by atoms with Crippen LogP contribution in [0.5, 0.6) is 0 Å². The summed E-state index contributed by atoms with van der Waals surface area (Å²) in [7, 11) is 1.62. The minimum atomic E-state index is -0.0479. The van der Waals surface area contributed by atoms with Crippen LogP contribution in [0.4, 0.5) is 5.82 Å². The highest BCUT2D eigenvalue weighted by atomic mass is 16.5. The fourth-order valence-electron chi connectivity index (χ4n) is 2.16. The van der Waals surface area contributed by atoms with Crippen molar-refractivity contribution in [2.45, 2.75) is 6.92 Å². The van der Waals surface area contributed by atoms with Crippen LogP contribution < -0.4 is 5.73 Å². The smallest absolute Gasteiger partial charge is 0.256 e. The molecule has 0 fully saturated rings. The van der Waals surface area contributed by atoms with Gasteiger partial charge in [0.25, 0.3) is 5.91 Å². The maximum atomic E-state index is 12.6. The Kier molecular flexibility index (Phi) is 4.53. The molecule has 5 nitrogen and oxygen atoms in total. The lowest BCUT2D eigenvalue weighted by Crippen LogP contribution is -2.33. The molecule has 106 valence electrons. The van der Waals surface area contributed by atoms with Gasteiger partial charge in [0.15, 0.2) is 0 Å². The van der Waals surface area contributed by atoms with E-state index in [-0.39, 0.29) is 5.91 Å². The Labute approximate surface area is 118 Å². The normalized spacial score (nSPS) is 10.7. The van der Waals surface area contributed by atoms with Crippen LogP contribution in [-0.4, -0.2) is 42.6 Å². The van der Waals surface area contributed by atoms with Crippen LogP contribution in [0.15, 0.2) is 30.5 Å². The van der Waals surface area contributed by atoms with Gasteiger partial charge in [-0.2, -0.15) is 0 Å². The summed E-state index contributed by atoms with van der Waals surface area (Å²) in [6.45, 7) is 3.64. The number of carbonyl (C=O) groups excluding carboxylic acids is 1. The highest BCUT2D eigenvalue weighted by Gasteiger charge is 2.17. The molecule has 2 rings (SSSR count). The average molecular weight is 273 g/mol. The molecule has 1 aromatic carbocycles. The predicted molar refractivity (Wildman–Crippen MR) is 79.6 cm³/mol. The van der Waals surface area contributed by atoms with Crippen LogP contribution in [0, 0.1) is 0 Å². The second-order valence-electron chi connectivity index (χ2n) is 4.48. The Morgan fingerprint density at radius 2 is 2.05 bits per heavy atom. The standard InChI is InChI=1S/C15H19N3O2/c1-3-18(8-9-20-2)15(19)13-10-17-14(16)12-7-5-4-6-11(12)13/h4-7,10H,3,8-9H2,1-2H3,(H2,16,17). The number of hydrogen-bond acceptors (Lipinski definition) is 4. The van der Waals surface area contributed by atoms with Crippen molar-refractivity contribution in [3.05, 3.63) is 36.0 Å². The molecule has 0 aliphatic rings. The molecule has 0 saturated carbocycles. The molecular weight excluding hydrogens is 254 g/mol. The lowest BCUT2D eigenvalue weighted by atomic mass is 10.1. The van der Waals surface area contributed by atoms with Gasteiger partial charge in [-0.05, 0) is 12.3 Å². The Morgan fingerprint density at radius 1 is 1.35 bits per heavy atom. The zero-order chi connectivity index (χ0) is 14.5. The molecule has 0 unspecified atom stereocenters. The quantitative estimate of drug-likeness (QED) is 0.903. The number of anilines is 1. The number of ether oxygens (including phenoxy) is 1. The van der Waals surface area contributed by atoms with Crippen molar-refractivity contribution >= 4 is 22.5 Å². The van der Waals surface area contributed by atoms with E-state index in [1.165, 1.54) is 0 Å². The molecule has 0 saturated heterocycles. The summed E-state index contributed by atoms with van der Waals surface area (Å²) in [5.74, 6) is 0.394. The molecule has 1 heterocycles. The Morgan fingerprint density at radius 3 is 2.70 bits per heavy atom. The number of nitrogen functional groups attached to an aromatic ring is 1. The van der Waals surface area contributed by atoms with Gasteiger partial charge in [-0.3, -0.25) is 4.79 Å². The molecule has 0 radical (unpaired) electrons. The van der Waals surface area contributed by atoms with Crippen LogP contribution in [0.2, 0.25) is 0 Å². The second kappa shape index (κ2) is 6.34. The van der Waals surface area contributed by atoms with E-state index in [4.69, 9.17) is 10.5 Å². The molecule has 0 aliphatic carbocycles. The summed E-state index contributed by atoms with van der Waals surface area (Å²) in [5.41, 5.74) is 6.43. The van der Waals surface area contributed by atoms with Crippen molar-refractivity contribution in [3.63, 3.8) is 0 Å². The van der Waals surface area contributed by atoms with E-state index in [2.05, 4.69) is 4.98 Å². The first kappa shape index (κ1) is 14.3. The highest BCUT2D eigenvalue weighted by molar-refractivity contribution is 6.08. The number of rotatable bonds is 5. The average Bonchev–Trinajstić information content (AvgIpc) is 2.48. The largest absolute Gasteiger partial charge is 0.383 e. The van der Waals surface area contributed by atoms with E-state index in [9.17, 15) is 4.79 Å². The van der Waals surface area contributed by atoms with Crippen molar-refractivity contribution in [2.75, 3.05) is 32.5 Å². The van der Waals surface area contributed by atoms with Gasteiger partial charge in [-0.25, -0.2) is 4.98 Å². The summed E-state index contributed by atoms with van der Waals surface area (Å²) in [5, 5.41) is 1.64. The number of amides is 1. The van der Waals surface area contributed by atoms with Gasteiger partial charge in [0.2, 0.25) is 0 Å². The molecule has 2 N–H and O–H groups in total. The molecule has 2 aromatic rings. The van der Waals surface area contributed by atoms with Gasteiger partial charge in [0, 0.05) is 31.8 Å². The summed E-state index contributed by atoms with van der Waals surface area (Å²) >= 11 is 0. The summed E-state index contributed by atoms with van der Waals surface area (Å²) in [6, 6.07) is 7.55. The van der Waals surface area contributed by atoms with Gasteiger partial charge in [-0.15, -0.1) is 0 Å². The van der Waals surface area contributed by atoms with Crippen LogP contribution >= 0.6 is 0 Å². The lowest BCUT2D eigenvalue weighted by molar-refractivity contribution is 0.0708. The molecule has 0 spiro atoms. The van der Waals surface area contributed by atoms with E-state index >= 15 is 0 Å². The first-order valence-electron chi connectivity index (χ1n) is 6.60. The summed E-state index contributed by atoms with van der Waals surface area (Å²) in [6.07, 6.45) is 1.55. The third-order valence-electron chi connectivity index (χ3n) is 3.29. The fourth-order valence-corrected chi connectivity index (χ4v) is 2.16. The zero-order valence-electron chi connectivity index (χ0n) is 11.8. The van der Waals surface area contributed by atoms with Crippen LogP contribution in [0.3, 0.4) is 0 Å². The Bertz CT molecular complexity index is 613. The molecule has 0 aliphatic heterocycles. The van der Waals surface area contributed by atoms with Crippen molar-refractivity contribution in [2.24, 2.45) is 0 Å². The number of pyridine rings is 1. The van der Waals surface area contributed by atoms with Crippen molar-refractivity contribution in [1.29, 1.82) is 0 Å². The number of fused-ring (bicyclic) bond motifs is 1. The van der Waals surface area contributed by atoms with Gasteiger partial charge in [0.05, 0.1) is 12.2 Å². The summed E-state index contributed by atoms with van der Waals surface area (Å²) in [4.78, 5) is 18.5. The number of aromatic nitrogens is 1. The highest BCUT2D eigenvalue weighted by Crippen LogP contribution is 2.23. The van der Waals surface area contributed by atoms with E-state index in [0.717, 1.165) is 10.8 Å². The van der Waals surface area contributed by atoms with Gasteiger partial charge >= 0.3 is 0 Å². The van der Waals surface area contributed by atoms with E-state index in [1.54, 1.807) is 18.2 Å². The number of carbonyl (C=O) groups is 1. The number of likely N-dealkylation sites (N-methyl/N-ethyl adjacent to an activating group) is 1. The first-order chi connectivity index (χ1) is 9.69. The molecule has 0 bridgehead atoms. The van der Waals surface area contributed by atoms with Crippen molar-refractivity contribution in [1.82, 2.24) is 9.88 Å². The van der Waals surface area contributed by atoms with Crippen molar-refractivity contribution < 1.29 is 9.53 Å². The first-order valence-corrected chi connectivity index (χ1v) is 6.60. The molecular formula is C15H19N3O2. The maximum absolute atomic E-state index is 12.6. The number of nitrogens with zero attached hydrogens (tertiary/aromatic N) is 2. The van der Waals surface area contributed by atoms with E-state index in [1.807, 2.05) is 31.2 Å². The molecule has 1 amide bonds. The maximum Gasteiger partial charge on any atom is 0.256 e. The lowest BCUT2D eigenvalue weighted by Gasteiger charge is -2.21. The minimum Gasteiger partial charge on any atom is -0.383 e. The van der Waals surface area contributed by atoms with Gasteiger partial charge in [0.1, 0.15) is 5.82 Å². The molecule has 0 atom stereocenters. The fraction of sp³-hybridized carbons (Fsp3) is 0.333. The van der Waals surface area contributed by atoms with Gasteiger partial charge < -0.3 is 15.4 Å². The Hall–Kier alpha value is -2.14. The van der Waals surface area contributed by atoms with Crippen molar-refractivity contribution in [3.8, 4) is 0 Å². The molecule has 5 heteroatoms. The number of nitrogens with two attached hydrogens (primary N) is 1. The SMILES string of the molecule is CCN(CCOC)C(=O)c1cnc(N)c2ccccc12. The third-order valence-corrected chi connectivity index (χ3v) is 3.29. The Balaban J connectivity index is 2.41. The minimum absolute atomic E-state index is 0.0479. The van der Waals surface area contributed by atoms with E-state index in [0.29, 0.717) is 31.1 Å². The zero-order valence-corrected chi connectivity index (χ0v) is 11.8. The second-order valence-corrected chi connectivity index (χ2v) is 4.48. The predicted octanol–water partition coefficient (Wildman–Crippen LogP) is 1.93. The number of methoxy groups -OCH3 is 1. The topological polar surface area (TPSA) is 68.5 Å². The van der Waals surface area contributed by atoms with Crippen LogP contribution in [0.25, 0.3) is 10.8 Å². The number of hydrogen-bond donors (Lipinski definition) is 1. The molecule has 20 heavy (non-hydrogen) atoms. The van der Waals surface area contributed by atoms with E-state index < -0.39 is 0 Å². The van der Waals surface area contributed by atoms with Crippen LogP contribution in [-0.2, 0) is 4.74 Å². The summed E-state index contributed by atoms with van der Waals surface area (Å²) < 4.78 is 5.04. The number of benzene rings is 1. The third kappa shape index (κ3) is 2.72. The van der Waals surface area contributed by atoms with Crippen LogP contribution in [0.1, 0.15) is 17.3 Å². The molecule has 1 aromatic heterocycles. The van der Waals surface area contributed by atoms with Gasteiger partial charge in [-0.1, -0.05) is 24.3 Å².